The van der Waals surface area contributed by atoms with Crippen LogP contribution in [0.5, 0.6) is 0 Å². The molecule has 2 aliphatic heterocycles. The van der Waals surface area contributed by atoms with E-state index in [2.05, 4.69) is 15.6 Å². The molecule has 8 nitrogen and oxygen atoms in total. The molecule has 0 radical (unpaired) electrons. The number of imide groups is 1. The van der Waals surface area contributed by atoms with E-state index in [1.54, 1.807) is 43.3 Å². The molecule has 0 saturated carbocycles. The van der Waals surface area contributed by atoms with Gasteiger partial charge in [-0.3, -0.25) is 34.4 Å². The Bertz CT molecular complexity index is 934. The van der Waals surface area contributed by atoms with Gasteiger partial charge in [0.15, 0.2) is 0 Å². The van der Waals surface area contributed by atoms with E-state index in [-0.39, 0.29) is 43.5 Å². The van der Waals surface area contributed by atoms with Crippen molar-refractivity contribution in [2.45, 2.75) is 32.2 Å². The molecule has 1 aromatic carbocycles. The van der Waals surface area contributed by atoms with Crippen LogP contribution in [0.2, 0.25) is 0 Å². The van der Waals surface area contributed by atoms with Crippen molar-refractivity contribution in [3.05, 3.63) is 59.7 Å². The minimum Gasteiger partial charge on any atom is -0.348 e. The van der Waals surface area contributed by atoms with Crippen molar-refractivity contribution in [2.24, 2.45) is 4.99 Å². The van der Waals surface area contributed by atoms with Gasteiger partial charge in [-0.2, -0.15) is 0 Å². The molecule has 8 heteroatoms. The summed E-state index contributed by atoms with van der Waals surface area (Å²) in [5, 5.41) is 5.12. The van der Waals surface area contributed by atoms with Gasteiger partial charge in [0, 0.05) is 18.5 Å². The summed E-state index contributed by atoms with van der Waals surface area (Å²) in [5.74, 6) is -0.948. The Morgan fingerprint density at radius 2 is 2.00 bits per heavy atom. The fourth-order valence-electron chi connectivity index (χ4n) is 3.38. The molecule has 2 aliphatic rings. The zero-order valence-corrected chi connectivity index (χ0v) is 16.8. The van der Waals surface area contributed by atoms with Crippen molar-refractivity contribution in [2.75, 3.05) is 13.1 Å². The SMILES string of the molecule is C/C1=N/C/C=C\C=C(\CNC(=O)c2ccccc2)CC(=O)N1C1CCC(=O)NC1=O. The first-order valence-electron chi connectivity index (χ1n) is 9.80. The molecule has 1 saturated heterocycles. The fraction of sp³-hybridized carbons (Fsp3) is 0.318. The number of amidine groups is 1. The molecule has 4 amide bonds. The highest BCUT2D eigenvalue weighted by Crippen LogP contribution is 2.17. The van der Waals surface area contributed by atoms with Gasteiger partial charge in [-0.15, -0.1) is 0 Å². The first-order valence-corrected chi connectivity index (χ1v) is 9.80. The van der Waals surface area contributed by atoms with Gasteiger partial charge in [-0.05, 0) is 31.1 Å². The monoisotopic (exact) mass is 408 g/mol. The molecule has 3 rings (SSSR count). The summed E-state index contributed by atoms with van der Waals surface area (Å²) in [4.78, 5) is 55.0. The topological polar surface area (TPSA) is 108 Å². The number of nitrogens with one attached hydrogen (secondary N) is 2. The molecule has 1 unspecified atom stereocenters. The Morgan fingerprint density at radius 3 is 2.73 bits per heavy atom. The number of amides is 4. The highest BCUT2D eigenvalue weighted by atomic mass is 16.2. The minimum atomic E-state index is -0.775. The fourth-order valence-corrected chi connectivity index (χ4v) is 3.38. The molecule has 0 aliphatic carbocycles. The maximum Gasteiger partial charge on any atom is 0.251 e. The van der Waals surface area contributed by atoms with Crippen LogP contribution in [-0.2, 0) is 14.4 Å². The van der Waals surface area contributed by atoms with Crippen LogP contribution in [0, 0.1) is 0 Å². The number of aliphatic imine (C=N–C) groups is 1. The van der Waals surface area contributed by atoms with Crippen molar-refractivity contribution >= 4 is 29.5 Å². The lowest BCUT2D eigenvalue weighted by Gasteiger charge is -2.33. The smallest absolute Gasteiger partial charge is 0.251 e. The molecule has 2 N–H and O–H groups in total. The number of hydrogen-bond acceptors (Lipinski definition) is 5. The van der Waals surface area contributed by atoms with Crippen LogP contribution in [0.15, 0.2) is 59.1 Å². The van der Waals surface area contributed by atoms with E-state index in [1.165, 1.54) is 4.90 Å². The summed E-state index contributed by atoms with van der Waals surface area (Å²) in [7, 11) is 0. The molecule has 30 heavy (non-hydrogen) atoms. The van der Waals surface area contributed by atoms with Crippen molar-refractivity contribution in [3.63, 3.8) is 0 Å². The van der Waals surface area contributed by atoms with Gasteiger partial charge in [0.2, 0.25) is 17.7 Å². The molecule has 1 aromatic rings. The first kappa shape index (κ1) is 21.2. The Kier molecular flexibility index (Phi) is 6.90. The lowest BCUT2D eigenvalue weighted by Crippen LogP contribution is -2.56. The molecular formula is C22H24N4O4. The van der Waals surface area contributed by atoms with Gasteiger partial charge in [0.05, 0.1) is 13.0 Å². The Labute approximate surface area is 174 Å². The average molecular weight is 408 g/mol. The van der Waals surface area contributed by atoms with Crippen LogP contribution < -0.4 is 10.6 Å². The van der Waals surface area contributed by atoms with Crippen LogP contribution in [0.25, 0.3) is 0 Å². The maximum absolute atomic E-state index is 13.1. The summed E-state index contributed by atoms with van der Waals surface area (Å²) < 4.78 is 0. The molecule has 2 heterocycles. The van der Waals surface area contributed by atoms with Crippen LogP contribution in [-0.4, -0.2) is 53.5 Å². The van der Waals surface area contributed by atoms with Crippen LogP contribution in [0.3, 0.4) is 0 Å². The number of piperidine rings is 1. The maximum atomic E-state index is 13.1. The lowest BCUT2D eigenvalue weighted by atomic mass is 10.0. The number of allylic oxidation sites excluding steroid dienone is 2. The van der Waals surface area contributed by atoms with Crippen LogP contribution in [0.1, 0.15) is 36.5 Å². The Hall–Kier alpha value is -3.55. The summed E-state index contributed by atoms with van der Waals surface area (Å²) in [6.45, 7) is 2.23. The quantitative estimate of drug-likeness (QED) is 0.733. The van der Waals surface area contributed by atoms with Crippen LogP contribution in [0.4, 0.5) is 0 Å². The molecule has 1 fully saturated rings. The number of nitrogens with zero attached hydrogens (tertiary/aromatic N) is 2. The third kappa shape index (κ3) is 5.28. The van der Waals surface area contributed by atoms with Crippen molar-refractivity contribution in [3.8, 4) is 0 Å². The van der Waals surface area contributed by atoms with E-state index in [1.807, 2.05) is 12.1 Å². The second-order valence-electron chi connectivity index (χ2n) is 7.10. The lowest BCUT2D eigenvalue weighted by molar-refractivity contribution is -0.142. The molecule has 0 bridgehead atoms. The highest BCUT2D eigenvalue weighted by molar-refractivity contribution is 6.07. The van der Waals surface area contributed by atoms with E-state index in [0.29, 0.717) is 23.5 Å². The number of benzene rings is 1. The van der Waals surface area contributed by atoms with Gasteiger partial charge in [-0.25, -0.2) is 0 Å². The van der Waals surface area contributed by atoms with Gasteiger partial charge < -0.3 is 5.32 Å². The summed E-state index contributed by atoms with van der Waals surface area (Å²) in [6, 6.07) is 8.05. The van der Waals surface area contributed by atoms with E-state index >= 15 is 0 Å². The zero-order valence-electron chi connectivity index (χ0n) is 16.8. The molecular weight excluding hydrogens is 384 g/mol. The van der Waals surface area contributed by atoms with Crippen molar-refractivity contribution < 1.29 is 19.2 Å². The largest absolute Gasteiger partial charge is 0.348 e. The van der Waals surface area contributed by atoms with Gasteiger partial charge in [0.1, 0.15) is 11.9 Å². The normalized spacial score (nSPS) is 24.8. The Morgan fingerprint density at radius 1 is 1.23 bits per heavy atom. The van der Waals surface area contributed by atoms with Crippen molar-refractivity contribution in [1.29, 1.82) is 0 Å². The van der Waals surface area contributed by atoms with E-state index in [0.717, 1.165) is 0 Å². The van der Waals surface area contributed by atoms with Gasteiger partial charge in [-0.1, -0.05) is 36.4 Å². The standard InChI is InChI=1S/C22H24N4O4/c1-15-23-12-6-5-7-16(14-24-21(29)17-8-3-2-4-9-17)13-20(28)26(15)18-10-11-19(27)25-22(18)30/h2-9,18H,10-14H2,1H3,(H,24,29)(H,25,27,30)/b6-5-,16-7+,23-15-. The van der Waals surface area contributed by atoms with E-state index < -0.39 is 11.9 Å². The summed E-state index contributed by atoms with van der Waals surface area (Å²) >= 11 is 0. The second-order valence-corrected chi connectivity index (χ2v) is 7.10. The zero-order chi connectivity index (χ0) is 21.5. The predicted octanol–water partition coefficient (Wildman–Crippen LogP) is 1.35. The second kappa shape index (κ2) is 9.78. The average Bonchev–Trinajstić information content (AvgIpc) is 2.73. The van der Waals surface area contributed by atoms with Gasteiger partial charge >= 0.3 is 0 Å². The third-order valence-corrected chi connectivity index (χ3v) is 4.92. The van der Waals surface area contributed by atoms with E-state index in [9.17, 15) is 19.2 Å². The number of carbonyl (C=O) groups excluding carboxylic acids is 4. The Balaban J connectivity index is 1.75. The van der Waals surface area contributed by atoms with Crippen LogP contribution >= 0.6 is 0 Å². The summed E-state index contributed by atoms with van der Waals surface area (Å²) in [6.07, 6.45) is 5.86. The number of hydrogen-bond donors (Lipinski definition) is 2. The molecule has 156 valence electrons. The predicted molar refractivity (Wildman–Crippen MR) is 112 cm³/mol. The number of rotatable bonds is 4. The van der Waals surface area contributed by atoms with Gasteiger partial charge in [0.25, 0.3) is 5.91 Å². The third-order valence-electron chi connectivity index (χ3n) is 4.92. The molecule has 0 spiro atoms. The first-order chi connectivity index (χ1) is 14.5. The summed E-state index contributed by atoms with van der Waals surface area (Å²) in [5.41, 5.74) is 1.24. The van der Waals surface area contributed by atoms with E-state index in [4.69, 9.17) is 0 Å². The number of carbonyl (C=O) groups is 4. The highest BCUT2D eigenvalue weighted by Gasteiger charge is 2.36. The van der Waals surface area contributed by atoms with Crippen molar-refractivity contribution in [1.82, 2.24) is 15.5 Å². The minimum absolute atomic E-state index is 0.0179. The molecule has 1 atom stereocenters. The molecule has 0 aromatic heterocycles.